The molecule has 1 aliphatic heterocycles. The summed E-state index contributed by atoms with van der Waals surface area (Å²) in [4.78, 5) is 41.9. The van der Waals surface area contributed by atoms with E-state index in [-0.39, 0.29) is 30.3 Å². The lowest BCUT2D eigenvalue weighted by atomic mass is 10.1. The molecule has 180 valence electrons. The van der Waals surface area contributed by atoms with Crippen LogP contribution in [0.25, 0.3) is 21.8 Å². The maximum atomic E-state index is 12.6. The number of nitro benzene ring substituents is 1. The second kappa shape index (κ2) is 10.0. The first-order valence-electron chi connectivity index (χ1n) is 10.4. The first-order valence-corrected chi connectivity index (χ1v) is 11.3. The third kappa shape index (κ3) is 4.77. The molecule has 0 unspecified atom stereocenters. The molecule has 3 aromatic rings. The van der Waals surface area contributed by atoms with Crippen LogP contribution in [0.15, 0.2) is 59.1 Å². The highest BCUT2D eigenvalue weighted by molar-refractivity contribution is 7.13. The molecule has 2 aromatic carbocycles. The van der Waals surface area contributed by atoms with Crippen LogP contribution in [0.4, 0.5) is 11.4 Å². The van der Waals surface area contributed by atoms with Crippen LogP contribution in [-0.2, 0) is 23.8 Å². The molecule has 35 heavy (non-hydrogen) atoms. The van der Waals surface area contributed by atoms with E-state index in [4.69, 9.17) is 14.2 Å². The fraction of sp³-hybridized carbons (Fsp3) is 0.208. The molecule has 10 nitrogen and oxygen atoms in total. The van der Waals surface area contributed by atoms with Gasteiger partial charge in [-0.25, -0.2) is 14.6 Å². The molecule has 11 heteroatoms. The fourth-order valence-electron chi connectivity index (χ4n) is 3.66. The van der Waals surface area contributed by atoms with E-state index in [1.807, 2.05) is 17.5 Å². The predicted octanol–water partition coefficient (Wildman–Crippen LogP) is 4.09. The van der Waals surface area contributed by atoms with Gasteiger partial charge in [0, 0.05) is 33.8 Å². The molecule has 0 N–H and O–H groups in total. The number of ether oxygens (including phenoxy) is 3. The Labute approximate surface area is 204 Å². The molecule has 1 aliphatic rings. The van der Waals surface area contributed by atoms with Gasteiger partial charge in [0.1, 0.15) is 17.4 Å². The van der Waals surface area contributed by atoms with Gasteiger partial charge in [-0.3, -0.25) is 10.1 Å². The van der Waals surface area contributed by atoms with Crippen molar-refractivity contribution in [3.8, 4) is 21.8 Å². The Morgan fingerprint density at radius 2 is 1.89 bits per heavy atom. The number of aromatic nitrogens is 1. The Morgan fingerprint density at radius 3 is 2.60 bits per heavy atom. The van der Waals surface area contributed by atoms with Gasteiger partial charge in [-0.05, 0) is 19.1 Å². The highest BCUT2D eigenvalue weighted by Gasteiger charge is 2.32. The number of thiazole rings is 1. The molecule has 1 aromatic heterocycles. The molecular weight excluding hydrogens is 474 g/mol. The summed E-state index contributed by atoms with van der Waals surface area (Å²) >= 11 is 1.38. The van der Waals surface area contributed by atoms with Crippen molar-refractivity contribution in [3.05, 3.63) is 74.8 Å². The fourth-order valence-corrected chi connectivity index (χ4v) is 4.48. The number of nitro groups is 1. The normalized spacial score (nSPS) is 13.5. The highest BCUT2D eigenvalue weighted by atomic mass is 32.1. The number of hydrogen-bond acceptors (Lipinski definition) is 10. The maximum absolute atomic E-state index is 12.6. The van der Waals surface area contributed by atoms with Gasteiger partial charge in [-0.2, -0.15) is 0 Å². The summed E-state index contributed by atoms with van der Waals surface area (Å²) < 4.78 is 15.2. The maximum Gasteiger partial charge on any atom is 0.355 e. The van der Waals surface area contributed by atoms with Crippen LogP contribution in [-0.4, -0.2) is 49.4 Å². The monoisotopic (exact) mass is 495 g/mol. The number of hydrogen-bond donors (Lipinski definition) is 0. The molecule has 4 rings (SSSR count). The number of benzene rings is 2. The van der Waals surface area contributed by atoms with E-state index in [1.165, 1.54) is 31.6 Å². The van der Waals surface area contributed by atoms with E-state index in [9.17, 15) is 19.7 Å². The van der Waals surface area contributed by atoms with Crippen LogP contribution < -0.4 is 4.90 Å². The summed E-state index contributed by atoms with van der Waals surface area (Å²) in [7, 11) is 2.47. The minimum absolute atomic E-state index is 0.0323. The van der Waals surface area contributed by atoms with Crippen LogP contribution in [0.2, 0.25) is 0 Å². The van der Waals surface area contributed by atoms with Gasteiger partial charge in [-0.1, -0.05) is 24.3 Å². The average Bonchev–Trinajstić information content (AvgIpc) is 3.38. The quantitative estimate of drug-likeness (QED) is 0.283. The number of esters is 2. The molecule has 0 bridgehead atoms. The highest BCUT2D eigenvalue weighted by Crippen LogP contribution is 2.34. The molecule has 2 heterocycles. The summed E-state index contributed by atoms with van der Waals surface area (Å²) in [5, 5.41) is 13.8. The Kier molecular flexibility index (Phi) is 6.90. The van der Waals surface area contributed by atoms with Crippen molar-refractivity contribution in [2.24, 2.45) is 0 Å². The largest absolute Gasteiger partial charge is 0.466 e. The van der Waals surface area contributed by atoms with Crippen molar-refractivity contribution in [3.63, 3.8) is 0 Å². The Morgan fingerprint density at radius 1 is 1.11 bits per heavy atom. The van der Waals surface area contributed by atoms with Crippen molar-refractivity contribution in [2.45, 2.75) is 6.92 Å². The summed E-state index contributed by atoms with van der Waals surface area (Å²) in [6.07, 6.45) is 0. The average molecular weight is 496 g/mol. The van der Waals surface area contributed by atoms with Crippen molar-refractivity contribution < 1.29 is 28.7 Å². The summed E-state index contributed by atoms with van der Waals surface area (Å²) in [5.41, 5.74) is 3.33. The van der Waals surface area contributed by atoms with Crippen LogP contribution in [0.1, 0.15) is 5.56 Å². The van der Waals surface area contributed by atoms with E-state index in [1.54, 1.807) is 36.1 Å². The number of carbonyl (C=O) groups is 2. The molecule has 0 saturated heterocycles. The number of methoxy groups -OCH3 is 2. The molecule has 0 spiro atoms. The van der Waals surface area contributed by atoms with Crippen LogP contribution in [0, 0.1) is 17.0 Å². The molecule has 0 amide bonds. The lowest BCUT2D eigenvalue weighted by Crippen LogP contribution is -2.38. The van der Waals surface area contributed by atoms with Crippen molar-refractivity contribution in [1.29, 1.82) is 0 Å². The second-order valence-corrected chi connectivity index (χ2v) is 8.42. The number of rotatable bonds is 6. The van der Waals surface area contributed by atoms with Gasteiger partial charge in [-0.15, -0.1) is 11.3 Å². The van der Waals surface area contributed by atoms with E-state index in [0.717, 1.165) is 5.56 Å². The third-order valence-corrected chi connectivity index (χ3v) is 6.34. The van der Waals surface area contributed by atoms with Gasteiger partial charge >= 0.3 is 11.9 Å². The van der Waals surface area contributed by atoms with Crippen molar-refractivity contribution in [1.82, 2.24) is 4.98 Å². The van der Waals surface area contributed by atoms with Crippen molar-refractivity contribution >= 4 is 34.7 Å². The summed E-state index contributed by atoms with van der Waals surface area (Å²) in [6.45, 7) is 1.64. The van der Waals surface area contributed by atoms with Crippen LogP contribution in [0.3, 0.4) is 0 Å². The van der Waals surface area contributed by atoms with Gasteiger partial charge in [0.15, 0.2) is 0 Å². The second-order valence-electron chi connectivity index (χ2n) is 7.56. The lowest BCUT2D eigenvalue weighted by Gasteiger charge is -2.31. The Bertz CT molecular complexity index is 1350. The zero-order chi connectivity index (χ0) is 25.1. The topological polar surface area (TPSA) is 121 Å². The SMILES string of the molecule is COC(=O)C1=C(C(=O)OC)N(c2cccc(-c3nc(-c4ccc(C)c([N+](=O)[O-])c4)cs3)c2)COC1. The van der Waals surface area contributed by atoms with Crippen LogP contribution >= 0.6 is 11.3 Å². The van der Waals surface area contributed by atoms with E-state index >= 15 is 0 Å². The van der Waals surface area contributed by atoms with E-state index in [2.05, 4.69) is 4.98 Å². The molecule has 0 atom stereocenters. The van der Waals surface area contributed by atoms with Gasteiger partial charge in [0.25, 0.3) is 5.69 Å². The summed E-state index contributed by atoms with van der Waals surface area (Å²) in [6, 6.07) is 12.2. The molecule has 0 saturated carbocycles. The first kappa shape index (κ1) is 24.0. The van der Waals surface area contributed by atoms with Gasteiger partial charge < -0.3 is 19.1 Å². The smallest absolute Gasteiger partial charge is 0.355 e. The molecule has 0 radical (unpaired) electrons. The zero-order valence-corrected chi connectivity index (χ0v) is 20.0. The van der Waals surface area contributed by atoms with Gasteiger partial charge in [0.05, 0.1) is 37.0 Å². The van der Waals surface area contributed by atoms with E-state index < -0.39 is 16.9 Å². The van der Waals surface area contributed by atoms with Gasteiger partial charge in [0.2, 0.25) is 0 Å². The molecule has 0 fully saturated rings. The zero-order valence-electron chi connectivity index (χ0n) is 19.1. The van der Waals surface area contributed by atoms with E-state index in [0.29, 0.717) is 27.5 Å². The lowest BCUT2D eigenvalue weighted by molar-refractivity contribution is -0.385. The Balaban J connectivity index is 1.71. The predicted molar refractivity (Wildman–Crippen MR) is 129 cm³/mol. The first-order chi connectivity index (χ1) is 16.8. The number of aryl methyl sites for hydroxylation is 1. The van der Waals surface area contributed by atoms with Crippen LogP contribution in [0.5, 0.6) is 0 Å². The summed E-state index contributed by atoms with van der Waals surface area (Å²) in [5.74, 6) is -1.36. The number of carbonyl (C=O) groups excluding carboxylic acids is 2. The number of nitrogens with zero attached hydrogens (tertiary/aromatic N) is 3. The standard InChI is InChI=1S/C24H21N3O7S/c1-14-7-8-15(10-20(14)27(30)31)19-12-35-22(25-19)16-5-4-6-17(9-16)26-13-34-11-18(23(28)32-2)21(26)24(29)33-3/h4-10,12H,11,13H2,1-3H3. The van der Waals surface area contributed by atoms with Crippen molar-refractivity contribution in [2.75, 3.05) is 32.5 Å². The minimum atomic E-state index is -0.684. The Hall–Kier alpha value is -4.09. The minimum Gasteiger partial charge on any atom is -0.466 e. The molecule has 0 aliphatic carbocycles. The number of anilines is 1. The third-order valence-electron chi connectivity index (χ3n) is 5.44. The molecular formula is C24H21N3O7S.